The molecular formula is C39H76O10. The standard InChI is InChI=1S/C11H20O4.C10H16O6.2C9H20/c1-5-7-8-15-10(13)11(3,6-2)9(12)14-4;1-5-10(8(12)15-3,9(13)16-4)6-7(11)14-2;2*1-3-5-7-9-8-6-4-2/h5-8H2,1-4H3;5-6H2,1-4H3;2*3-9H2,1-2H3. The number of unbranched alkanes of at least 4 members (excludes halogenated alkanes) is 13. The summed E-state index contributed by atoms with van der Waals surface area (Å²) >= 11 is 0. The van der Waals surface area contributed by atoms with E-state index in [2.05, 4.69) is 46.6 Å². The SMILES string of the molecule is CCC(CC(=O)OC)(C(=O)OC)C(=O)OC.CCCCCCCCC.CCCCCCCCC.CCCCOC(=O)C(C)(CC)C(=O)OC. The minimum atomic E-state index is -1.61. The van der Waals surface area contributed by atoms with Crippen LogP contribution in [0.2, 0.25) is 0 Å². The maximum atomic E-state index is 11.6. The first-order valence-corrected chi connectivity index (χ1v) is 18.8. The Balaban J connectivity index is -0.000000285. The second-order valence-electron chi connectivity index (χ2n) is 12.4. The lowest BCUT2D eigenvalue weighted by atomic mass is 9.81. The topological polar surface area (TPSA) is 132 Å². The lowest BCUT2D eigenvalue weighted by molar-refractivity contribution is -0.174. The molecule has 0 aliphatic carbocycles. The number of ether oxygens (including phenoxy) is 5. The third-order valence-electron chi connectivity index (χ3n) is 8.37. The van der Waals surface area contributed by atoms with E-state index in [0.717, 1.165) is 27.1 Å². The number of methoxy groups -OCH3 is 4. The van der Waals surface area contributed by atoms with Crippen LogP contribution in [-0.4, -0.2) is 64.9 Å². The van der Waals surface area contributed by atoms with Crippen molar-refractivity contribution in [1.82, 2.24) is 0 Å². The molecule has 0 N–H and O–H groups in total. The van der Waals surface area contributed by atoms with Crippen LogP contribution >= 0.6 is 0 Å². The fourth-order valence-electron chi connectivity index (χ4n) is 4.48. The Morgan fingerprint density at radius 1 is 0.429 bits per heavy atom. The van der Waals surface area contributed by atoms with Crippen molar-refractivity contribution in [3.05, 3.63) is 0 Å². The summed E-state index contributed by atoms with van der Waals surface area (Å²) in [6.07, 6.45) is 21.8. The molecule has 0 saturated carbocycles. The fraction of sp³-hybridized carbons (Fsp3) is 0.872. The van der Waals surface area contributed by atoms with Crippen molar-refractivity contribution >= 4 is 29.8 Å². The zero-order chi connectivity index (χ0) is 38.6. The number of carbonyl (C=O) groups excluding carboxylic acids is 5. The van der Waals surface area contributed by atoms with Crippen molar-refractivity contribution in [2.24, 2.45) is 10.8 Å². The summed E-state index contributed by atoms with van der Waals surface area (Å²) < 4.78 is 23.1. The second-order valence-corrected chi connectivity index (χ2v) is 12.4. The quantitative estimate of drug-likeness (QED) is 0.0438. The molecule has 0 aromatic heterocycles. The summed E-state index contributed by atoms with van der Waals surface area (Å²) in [4.78, 5) is 57.4. The van der Waals surface area contributed by atoms with Crippen LogP contribution in [0.4, 0.5) is 0 Å². The Morgan fingerprint density at radius 2 is 0.776 bits per heavy atom. The lowest BCUT2D eigenvalue weighted by Crippen LogP contribution is -2.42. The van der Waals surface area contributed by atoms with Crippen molar-refractivity contribution in [2.45, 2.75) is 177 Å². The van der Waals surface area contributed by atoms with Gasteiger partial charge in [0.15, 0.2) is 10.8 Å². The molecule has 10 heteroatoms. The molecule has 1 unspecified atom stereocenters. The molecule has 0 saturated heterocycles. The van der Waals surface area contributed by atoms with Gasteiger partial charge in [0.2, 0.25) is 0 Å². The Labute approximate surface area is 300 Å². The van der Waals surface area contributed by atoms with Gasteiger partial charge in [-0.25, -0.2) is 0 Å². The second kappa shape index (κ2) is 36.6. The Morgan fingerprint density at radius 3 is 1.04 bits per heavy atom. The highest BCUT2D eigenvalue weighted by atomic mass is 16.6. The van der Waals surface area contributed by atoms with Crippen LogP contribution in [0.25, 0.3) is 0 Å². The van der Waals surface area contributed by atoms with E-state index in [-0.39, 0.29) is 12.8 Å². The maximum Gasteiger partial charge on any atom is 0.323 e. The maximum absolute atomic E-state index is 11.6. The van der Waals surface area contributed by atoms with Crippen molar-refractivity contribution < 1.29 is 47.7 Å². The van der Waals surface area contributed by atoms with Gasteiger partial charge in [-0.1, -0.05) is 145 Å². The van der Waals surface area contributed by atoms with Crippen molar-refractivity contribution in [3.8, 4) is 0 Å². The average molecular weight is 705 g/mol. The molecule has 0 aromatic carbocycles. The molecule has 292 valence electrons. The Hall–Kier alpha value is -2.65. The van der Waals surface area contributed by atoms with Gasteiger partial charge >= 0.3 is 29.8 Å². The molecule has 0 radical (unpaired) electrons. The molecule has 0 aromatic rings. The zero-order valence-electron chi connectivity index (χ0n) is 33.7. The molecule has 1 atom stereocenters. The molecule has 0 spiro atoms. The Bertz CT molecular complexity index is 785. The minimum Gasteiger partial charge on any atom is -0.469 e. The van der Waals surface area contributed by atoms with E-state index in [9.17, 15) is 24.0 Å². The van der Waals surface area contributed by atoms with Gasteiger partial charge in [0, 0.05) is 0 Å². The molecule has 0 bridgehead atoms. The van der Waals surface area contributed by atoms with Gasteiger partial charge in [0.25, 0.3) is 0 Å². The Kier molecular flexibility index (Phi) is 39.7. The molecule has 0 rings (SSSR count). The lowest BCUT2D eigenvalue weighted by Gasteiger charge is -2.25. The number of carbonyl (C=O) groups is 5. The van der Waals surface area contributed by atoms with Crippen molar-refractivity contribution in [3.63, 3.8) is 0 Å². The van der Waals surface area contributed by atoms with E-state index in [1.54, 1.807) is 20.8 Å². The van der Waals surface area contributed by atoms with Gasteiger partial charge in [-0.2, -0.15) is 0 Å². The number of hydrogen-bond acceptors (Lipinski definition) is 10. The van der Waals surface area contributed by atoms with Crippen LogP contribution in [0.5, 0.6) is 0 Å². The summed E-state index contributed by atoms with van der Waals surface area (Å²) in [7, 11) is 4.74. The highest BCUT2D eigenvalue weighted by Gasteiger charge is 2.49. The van der Waals surface area contributed by atoms with E-state index in [1.165, 1.54) is 104 Å². The molecule has 0 aliphatic heterocycles. The minimum absolute atomic E-state index is 0.0987. The van der Waals surface area contributed by atoms with Crippen LogP contribution < -0.4 is 0 Å². The van der Waals surface area contributed by atoms with E-state index in [4.69, 9.17) is 4.74 Å². The monoisotopic (exact) mass is 705 g/mol. The zero-order valence-corrected chi connectivity index (χ0v) is 33.7. The van der Waals surface area contributed by atoms with Gasteiger partial charge in [-0.3, -0.25) is 24.0 Å². The molecule has 10 nitrogen and oxygen atoms in total. The third kappa shape index (κ3) is 25.9. The fourth-order valence-corrected chi connectivity index (χ4v) is 4.48. The van der Waals surface area contributed by atoms with E-state index in [0.29, 0.717) is 13.0 Å². The molecule has 0 amide bonds. The number of esters is 5. The van der Waals surface area contributed by atoms with Crippen LogP contribution in [-0.2, 0) is 47.7 Å². The summed E-state index contributed by atoms with van der Waals surface area (Å²) in [5.41, 5.74) is -2.78. The largest absolute Gasteiger partial charge is 0.469 e. The molecule has 0 aliphatic rings. The highest BCUT2D eigenvalue weighted by Crippen LogP contribution is 2.30. The predicted octanol–water partition coefficient (Wildman–Crippen LogP) is 9.72. The highest BCUT2D eigenvalue weighted by molar-refractivity contribution is 6.03. The van der Waals surface area contributed by atoms with Crippen molar-refractivity contribution in [2.75, 3.05) is 35.0 Å². The molecule has 0 fully saturated rings. The summed E-state index contributed by atoms with van der Waals surface area (Å²) in [5, 5.41) is 0. The van der Waals surface area contributed by atoms with Gasteiger partial charge in [-0.05, 0) is 26.2 Å². The van der Waals surface area contributed by atoms with Crippen LogP contribution in [0, 0.1) is 10.8 Å². The predicted molar refractivity (Wildman–Crippen MR) is 197 cm³/mol. The summed E-state index contributed by atoms with van der Waals surface area (Å²) in [5.74, 6) is -3.30. The first-order valence-electron chi connectivity index (χ1n) is 18.8. The molecule has 0 heterocycles. The smallest absolute Gasteiger partial charge is 0.323 e. The normalized spacial score (nSPS) is 11.4. The van der Waals surface area contributed by atoms with Crippen molar-refractivity contribution in [1.29, 1.82) is 0 Å². The van der Waals surface area contributed by atoms with E-state index >= 15 is 0 Å². The van der Waals surface area contributed by atoms with Crippen LogP contribution in [0.3, 0.4) is 0 Å². The van der Waals surface area contributed by atoms with Gasteiger partial charge in [-0.15, -0.1) is 0 Å². The first kappa shape index (κ1) is 53.1. The van der Waals surface area contributed by atoms with Gasteiger partial charge in [0.1, 0.15) is 0 Å². The van der Waals surface area contributed by atoms with E-state index < -0.39 is 40.7 Å². The first-order chi connectivity index (χ1) is 23.3. The number of rotatable bonds is 23. The average Bonchev–Trinajstić information content (AvgIpc) is 3.13. The third-order valence-corrected chi connectivity index (χ3v) is 8.37. The van der Waals surface area contributed by atoms with Gasteiger partial charge < -0.3 is 23.7 Å². The summed E-state index contributed by atoms with van der Waals surface area (Å²) in [6.45, 7) is 16.3. The van der Waals surface area contributed by atoms with E-state index in [1.807, 2.05) is 6.92 Å². The van der Waals surface area contributed by atoms with Crippen LogP contribution in [0.15, 0.2) is 0 Å². The summed E-state index contributed by atoms with van der Waals surface area (Å²) in [6, 6.07) is 0. The number of hydrogen-bond donors (Lipinski definition) is 0. The molecule has 49 heavy (non-hydrogen) atoms. The molecular weight excluding hydrogens is 628 g/mol. The van der Waals surface area contributed by atoms with Crippen LogP contribution in [0.1, 0.15) is 177 Å². The van der Waals surface area contributed by atoms with Gasteiger partial charge in [0.05, 0.1) is 41.5 Å².